The minimum Gasteiger partial charge on any atom is -0.456 e. The summed E-state index contributed by atoms with van der Waals surface area (Å²) in [5.74, 6) is 0.416. The van der Waals surface area contributed by atoms with Crippen LogP contribution >= 0.6 is 0 Å². The van der Waals surface area contributed by atoms with E-state index in [1.54, 1.807) is 36.6 Å². The zero-order valence-electron chi connectivity index (χ0n) is 8.67. The molecule has 2 rings (SSSR count). The van der Waals surface area contributed by atoms with Gasteiger partial charge in [0, 0.05) is 28.5 Å². The molecular formula is C12H10O3S. The van der Waals surface area contributed by atoms with E-state index in [9.17, 15) is 9.00 Å². The van der Waals surface area contributed by atoms with Gasteiger partial charge in [-0.15, -0.1) is 0 Å². The maximum atomic E-state index is 11.7. The Morgan fingerprint density at radius 1 is 1.31 bits per heavy atom. The third-order valence-electron chi connectivity index (χ3n) is 2.08. The minimum atomic E-state index is -1.05. The van der Waals surface area contributed by atoms with Crippen LogP contribution in [0.5, 0.6) is 0 Å². The highest BCUT2D eigenvalue weighted by Gasteiger charge is 2.01. The van der Waals surface area contributed by atoms with Crippen molar-refractivity contribution in [3.63, 3.8) is 0 Å². The predicted octanol–water partition coefficient (Wildman–Crippen LogP) is 2.14. The largest absolute Gasteiger partial charge is 0.456 e. The topological polar surface area (TPSA) is 47.3 Å². The summed E-state index contributed by atoms with van der Waals surface area (Å²) < 4.78 is 16.3. The van der Waals surface area contributed by atoms with Crippen molar-refractivity contribution in [2.24, 2.45) is 0 Å². The highest BCUT2D eigenvalue weighted by Crippen LogP contribution is 2.12. The van der Waals surface area contributed by atoms with E-state index in [1.165, 1.54) is 11.5 Å². The number of benzene rings is 1. The normalized spacial score (nSPS) is 13.3. The zero-order valence-corrected chi connectivity index (χ0v) is 9.49. The molecule has 1 unspecified atom stereocenters. The molecule has 2 aromatic rings. The maximum Gasteiger partial charge on any atom is 0.193 e. The van der Waals surface area contributed by atoms with Crippen LogP contribution in [-0.4, -0.2) is 10.5 Å². The Kier molecular flexibility index (Phi) is 3.01. The summed E-state index contributed by atoms with van der Waals surface area (Å²) in [6.07, 6.45) is 3.10. The standard InChI is InChI=1S/C12H10O3S/c1-16(14)7-6-9-8-11(13)10-4-2-3-5-12(10)15-9/h2-8H,1H3/b7-6+. The van der Waals surface area contributed by atoms with Crippen LogP contribution in [0.15, 0.2) is 45.0 Å². The molecule has 82 valence electrons. The van der Waals surface area contributed by atoms with Crippen molar-refractivity contribution in [2.75, 3.05) is 6.26 Å². The van der Waals surface area contributed by atoms with E-state index in [1.807, 2.05) is 0 Å². The molecule has 1 heterocycles. The lowest BCUT2D eigenvalue weighted by molar-refractivity contribution is 0.591. The van der Waals surface area contributed by atoms with E-state index in [0.29, 0.717) is 16.7 Å². The quantitative estimate of drug-likeness (QED) is 0.799. The second-order valence-corrected chi connectivity index (χ2v) is 4.58. The highest BCUT2D eigenvalue weighted by molar-refractivity contribution is 7.87. The van der Waals surface area contributed by atoms with E-state index in [2.05, 4.69) is 0 Å². The van der Waals surface area contributed by atoms with Gasteiger partial charge >= 0.3 is 0 Å². The Balaban J connectivity index is 2.58. The number of rotatable bonds is 2. The van der Waals surface area contributed by atoms with Gasteiger partial charge in [0.25, 0.3) is 0 Å². The van der Waals surface area contributed by atoms with Crippen molar-refractivity contribution in [1.82, 2.24) is 0 Å². The number of fused-ring (bicyclic) bond motifs is 1. The van der Waals surface area contributed by atoms with Gasteiger partial charge in [-0.25, -0.2) is 0 Å². The number of hydrogen-bond donors (Lipinski definition) is 0. The Labute approximate surface area is 94.9 Å². The van der Waals surface area contributed by atoms with Crippen LogP contribution in [0.4, 0.5) is 0 Å². The van der Waals surface area contributed by atoms with E-state index in [0.717, 1.165) is 0 Å². The summed E-state index contributed by atoms with van der Waals surface area (Å²) in [5.41, 5.74) is 0.444. The van der Waals surface area contributed by atoms with Crippen molar-refractivity contribution >= 4 is 27.8 Å². The molecular weight excluding hydrogens is 224 g/mol. The molecule has 0 saturated heterocycles. The van der Waals surface area contributed by atoms with Gasteiger partial charge < -0.3 is 4.42 Å². The molecule has 16 heavy (non-hydrogen) atoms. The summed E-state index contributed by atoms with van der Waals surface area (Å²) in [6, 6.07) is 8.43. The Morgan fingerprint density at radius 3 is 2.81 bits per heavy atom. The van der Waals surface area contributed by atoms with Crippen molar-refractivity contribution in [1.29, 1.82) is 0 Å². The van der Waals surface area contributed by atoms with Gasteiger partial charge in [-0.05, 0) is 18.2 Å². The van der Waals surface area contributed by atoms with Crippen LogP contribution in [0.1, 0.15) is 5.76 Å². The van der Waals surface area contributed by atoms with Gasteiger partial charge in [-0.1, -0.05) is 12.1 Å². The molecule has 0 spiro atoms. The van der Waals surface area contributed by atoms with Gasteiger partial charge in [0.05, 0.1) is 5.39 Å². The molecule has 0 radical (unpaired) electrons. The SMILES string of the molecule is CS(=O)/C=C/c1cc(=O)c2ccccc2o1. The average molecular weight is 234 g/mol. The molecule has 0 fully saturated rings. The molecule has 0 aliphatic heterocycles. The maximum absolute atomic E-state index is 11.7. The number of hydrogen-bond acceptors (Lipinski definition) is 3. The lowest BCUT2D eigenvalue weighted by Crippen LogP contribution is -1.99. The van der Waals surface area contributed by atoms with Crippen molar-refractivity contribution in [3.8, 4) is 0 Å². The van der Waals surface area contributed by atoms with E-state index in [-0.39, 0.29) is 5.43 Å². The molecule has 4 heteroatoms. The first-order valence-electron chi connectivity index (χ1n) is 4.70. The van der Waals surface area contributed by atoms with E-state index >= 15 is 0 Å². The first-order valence-corrected chi connectivity index (χ1v) is 6.32. The van der Waals surface area contributed by atoms with Crippen LogP contribution in [0.25, 0.3) is 17.0 Å². The fourth-order valence-corrected chi connectivity index (χ4v) is 1.69. The Hall–Kier alpha value is -1.68. The summed E-state index contributed by atoms with van der Waals surface area (Å²) >= 11 is 0. The number of para-hydroxylation sites is 1. The summed E-state index contributed by atoms with van der Waals surface area (Å²) in [4.78, 5) is 11.7. The monoisotopic (exact) mass is 234 g/mol. The smallest absolute Gasteiger partial charge is 0.193 e. The molecule has 0 aliphatic rings. The van der Waals surface area contributed by atoms with Crippen LogP contribution in [0.3, 0.4) is 0 Å². The third kappa shape index (κ3) is 2.28. The van der Waals surface area contributed by atoms with Gasteiger partial charge in [0.15, 0.2) is 5.43 Å². The van der Waals surface area contributed by atoms with Gasteiger partial charge in [-0.2, -0.15) is 0 Å². The molecule has 1 aromatic heterocycles. The van der Waals surface area contributed by atoms with Gasteiger partial charge in [-0.3, -0.25) is 9.00 Å². The molecule has 0 amide bonds. The van der Waals surface area contributed by atoms with E-state index < -0.39 is 10.8 Å². The lowest BCUT2D eigenvalue weighted by atomic mass is 10.2. The lowest BCUT2D eigenvalue weighted by Gasteiger charge is -1.97. The summed E-state index contributed by atoms with van der Waals surface area (Å²) in [5, 5.41) is 2.03. The van der Waals surface area contributed by atoms with Gasteiger partial charge in [0.1, 0.15) is 11.3 Å². The fraction of sp³-hybridized carbons (Fsp3) is 0.0833. The molecule has 1 aromatic carbocycles. The molecule has 0 bridgehead atoms. The predicted molar refractivity (Wildman–Crippen MR) is 65.6 cm³/mol. The van der Waals surface area contributed by atoms with Crippen LogP contribution in [0.2, 0.25) is 0 Å². The molecule has 1 atom stereocenters. The second kappa shape index (κ2) is 4.45. The second-order valence-electron chi connectivity index (χ2n) is 3.31. The van der Waals surface area contributed by atoms with Crippen LogP contribution in [-0.2, 0) is 10.8 Å². The molecule has 0 saturated carbocycles. The van der Waals surface area contributed by atoms with Gasteiger partial charge in [0.2, 0.25) is 0 Å². The van der Waals surface area contributed by atoms with Crippen molar-refractivity contribution in [2.45, 2.75) is 0 Å². The Bertz CT molecular complexity index is 625. The zero-order chi connectivity index (χ0) is 11.5. The fourth-order valence-electron chi connectivity index (χ4n) is 1.37. The highest BCUT2D eigenvalue weighted by atomic mass is 32.2. The van der Waals surface area contributed by atoms with Crippen LogP contribution in [0, 0.1) is 0 Å². The average Bonchev–Trinajstić information content (AvgIpc) is 2.26. The van der Waals surface area contributed by atoms with Crippen molar-refractivity contribution in [3.05, 3.63) is 51.7 Å². The summed E-state index contributed by atoms with van der Waals surface area (Å²) in [6.45, 7) is 0. The van der Waals surface area contributed by atoms with Crippen molar-refractivity contribution < 1.29 is 8.63 Å². The Morgan fingerprint density at radius 2 is 2.06 bits per heavy atom. The molecule has 0 N–H and O–H groups in total. The summed E-state index contributed by atoms with van der Waals surface area (Å²) in [7, 11) is -1.05. The van der Waals surface area contributed by atoms with E-state index in [4.69, 9.17) is 4.42 Å². The molecule has 3 nitrogen and oxygen atoms in total. The minimum absolute atomic E-state index is 0.0941. The first kappa shape index (κ1) is 10.8. The third-order valence-corrected chi connectivity index (χ3v) is 2.60. The molecule has 0 aliphatic carbocycles. The van der Waals surface area contributed by atoms with Crippen LogP contribution < -0.4 is 5.43 Å². The first-order chi connectivity index (χ1) is 7.66.